The van der Waals surface area contributed by atoms with Crippen LogP contribution in [0.4, 0.5) is 5.69 Å². The number of hydrogen-bond acceptors (Lipinski definition) is 4. The van der Waals surface area contributed by atoms with Crippen LogP contribution in [0.25, 0.3) is 26.8 Å². The molecule has 0 saturated carbocycles. The molecule has 1 saturated heterocycles. The molecular weight excluding hydrogens is 364 g/mol. The first kappa shape index (κ1) is 17.8. The summed E-state index contributed by atoms with van der Waals surface area (Å²) in [6.45, 7) is 12.9. The van der Waals surface area contributed by atoms with Crippen molar-refractivity contribution in [2.45, 2.75) is 45.4 Å². The molecule has 0 N–H and O–H groups in total. The third kappa shape index (κ3) is 3.15. The molecule has 4 aromatic rings. The summed E-state index contributed by atoms with van der Waals surface area (Å²) in [6.07, 6.45) is 5.90. The predicted octanol–water partition coefficient (Wildman–Crippen LogP) is 4.43. The average Bonchev–Trinajstić information content (AvgIpc) is 3.30. The molecule has 1 aliphatic heterocycles. The van der Waals surface area contributed by atoms with E-state index in [4.69, 9.17) is 16.3 Å². The lowest BCUT2D eigenvalue weighted by atomic mass is 10.0. The number of benzene rings is 1. The first-order valence-corrected chi connectivity index (χ1v) is 9.91. The second-order valence-corrected chi connectivity index (χ2v) is 7.72. The van der Waals surface area contributed by atoms with Crippen molar-refractivity contribution >= 4 is 27.6 Å². The molecule has 0 amide bonds. The van der Waals surface area contributed by atoms with Gasteiger partial charge >= 0.3 is 0 Å². The molecule has 5 rings (SSSR count). The fraction of sp³-hybridized carbons (Fsp3) is 0.364. The smallest absolute Gasteiger partial charge is 0.188 e. The van der Waals surface area contributed by atoms with Crippen LogP contribution in [0.1, 0.15) is 37.3 Å². The molecule has 0 radical (unpaired) electrons. The van der Waals surface area contributed by atoms with Crippen molar-refractivity contribution in [2.75, 3.05) is 6.61 Å². The zero-order valence-corrected chi connectivity index (χ0v) is 16.5. The molecule has 0 unspecified atom stereocenters. The summed E-state index contributed by atoms with van der Waals surface area (Å²) in [4.78, 5) is 13.1. The zero-order valence-electron chi connectivity index (χ0n) is 16.5. The molecule has 29 heavy (non-hydrogen) atoms. The fourth-order valence-electron chi connectivity index (χ4n) is 4.29. The van der Waals surface area contributed by atoms with Crippen molar-refractivity contribution in [1.29, 1.82) is 0 Å². The number of pyridine rings is 1. The molecule has 7 heteroatoms. The van der Waals surface area contributed by atoms with Gasteiger partial charge in [-0.15, -0.1) is 0 Å². The van der Waals surface area contributed by atoms with Gasteiger partial charge in [0.2, 0.25) is 0 Å². The summed E-state index contributed by atoms with van der Waals surface area (Å²) in [7, 11) is 0. The SMILES string of the molecule is [C-]#[N+]c1ccc2ncc3nc(Cn4ccc(C)n4)n([C@@H]4CCO[C@H](C)C4)c3c2c1. The second-order valence-electron chi connectivity index (χ2n) is 7.72. The van der Waals surface area contributed by atoms with E-state index in [-0.39, 0.29) is 12.1 Å². The number of fused-ring (bicyclic) bond motifs is 3. The van der Waals surface area contributed by atoms with Crippen LogP contribution in [-0.4, -0.2) is 37.0 Å². The monoisotopic (exact) mass is 386 g/mol. The summed E-state index contributed by atoms with van der Waals surface area (Å²) in [5, 5.41) is 5.53. The largest absolute Gasteiger partial charge is 0.378 e. The van der Waals surface area contributed by atoms with E-state index >= 15 is 0 Å². The van der Waals surface area contributed by atoms with Crippen LogP contribution < -0.4 is 0 Å². The van der Waals surface area contributed by atoms with Crippen LogP contribution in [-0.2, 0) is 11.3 Å². The maximum absolute atomic E-state index is 7.41. The standard InChI is InChI=1S/C22H22N6O/c1-14-6-8-27(26-14)13-21-25-20-12-24-19-5-4-16(23-3)11-18(19)22(20)28(21)17-7-9-29-15(2)10-17/h4-6,8,11-12,15,17H,7,9-10,13H2,1-2H3/t15-,17-/m1/s1. The summed E-state index contributed by atoms with van der Waals surface area (Å²) < 4.78 is 10.1. The topological polar surface area (TPSA) is 62.1 Å². The Morgan fingerprint density at radius 3 is 2.93 bits per heavy atom. The lowest BCUT2D eigenvalue weighted by molar-refractivity contribution is 0.00619. The van der Waals surface area contributed by atoms with Crippen LogP contribution in [0.2, 0.25) is 0 Å². The van der Waals surface area contributed by atoms with Crippen LogP contribution in [0.15, 0.2) is 36.7 Å². The maximum atomic E-state index is 7.41. The van der Waals surface area contributed by atoms with Gasteiger partial charge in [0.1, 0.15) is 11.3 Å². The number of imidazole rings is 1. The van der Waals surface area contributed by atoms with Crippen molar-refractivity contribution in [3.63, 3.8) is 0 Å². The Bertz CT molecular complexity index is 1250. The van der Waals surface area contributed by atoms with Crippen molar-refractivity contribution in [2.24, 2.45) is 0 Å². The average molecular weight is 386 g/mol. The summed E-state index contributed by atoms with van der Waals surface area (Å²) in [5.41, 5.74) is 4.40. The molecule has 3 aromatic heterocycles. The first-order valence-electron chi connectivity index (χ1n) is 9.91. The number of aryl methyl sites for hydroxylation is 1. The molecule has 1 fully saturated rings. The lowest BCUT2D eigenvalue weighted by Crippen LogP contribution is -2.27. The number of aromatic nitrogens is 5. The number of ether oxygens (including phenoxy) is 1. The second kappa shape index (κ2) is 6.98. The van der Waals surface area contributed by atoms with Crippen LogP contribution in [0.5, 0.6) is 0 Å². The molecule has 146 valence electrons. The van der Waals surface area contributed by atoms with E-state index in [2.05, 4.69) is 26.4 Å². The highest BCUT2D eigenvalue weighted by atomic mass is 16.5. The van der Waals surface area contributed by atoms with Gasteiger partial charge in [0.05, 0.1) is 42.1 Å². The minimum Gasteiger partial charge on any atom is -0.378 e. The van der Waals surface area contributed by atoms with Gasteiger partial charge in [0.25, 0.3) is 0 Å². The Morgan fingerprint density at radius 1 is 1.28 bits per heavy atom. The lowest BCUT2D eigenvalue weighted by Gasteiger charge is -2.30. The normalized spacial score (nSPS) is 19.6. The van der Waals surface area contributed by atoms with Gasteiger partial charge < -0.3 is 9.30 Å². The van der Waals surface area contributed by atoms with Gasteiger partial charge in [0, 0.05) is 24.2 Å². The third-order valence-electron chi connectivity index (χ3n) is 5.60. The van der Waals surface area contributed by atoms with E-state index in [1.165, 1.54) is 0 Å². The Hall–Kier alpha value is -3.24. The molecule has 4 heterocycles. The van der Waals surface area contributed by atoms with Crippen LogP contribution in [0, 0.1) is 13.5 Å². The summed E-state index contributed by atoms with van der Waals surface area (Å²) >= 11 is 0. The van der Waals surface area contributed by atoms with Gasteiger partial charge in [0.15, 0.2) is 5.69 Å². The van der Waals surface area contributed by atoms with Crippen LogP contribution in [0.3, 0.4) is 0 Å². The maximum Gasteiger partial charge on any atom is 0.188 e. The predicted molar refractivity (Wildman–Crippen MR) is 111 cm³/mol. The minimum atomic E-state index is 0.206. The van der Waals surface area contributed by atoms with E-state index in [0.717, 1.165) is 52.9 Å². The van der Waals surface area contributed by atoms with Gasteiger partial charge in [-0.1, -0.05) is 6.07 Å². The quantitative estimate of drug-likeness (QED) is 0.489. The highest BCUT2D eigenvalue weighted by molar-refractivity contribution is 6.03. The van der Waals surface area contributed by atoms with E-state index in [0.29, 0.717) is 12.2 Å². The molecule has 0 bridgehead atoms. The molecule has 7 nitrogen and oxygen atoms in total. The minimum absolute atomic E-state index is 0.206. The number of nitrogens with zero attached hydrogens (tertiary/aromatic N) is 6. The molecule has 1 aromatic carbocycles. The Labute approximate surface area is 168 Å². The third-order valence-corrected chi connectivity index (χ3v) is 5.60. The van der Waals surface area contributed by atoms with E-state index in [1.807, 2.05) is 48.3 Å². The van der Waals surface area contributed by atoms with Gasteiger partial charge in [-0.2, -0.15) is 5.10 Å². The van der Waals surface area contributed by atoms with Crippen LogP contribution >= 0.6 is 0 Å². The van der Waals surface area contributed by atoms with Gasteiger partial charge in [-0.05, 0) is 44.9 Å². The van der Waals surface area contributed by atoms with Crippen molar-refractivity contribution < 1.29 is 4.74 Å². The van der Waals surface area contributed by atoms with Crippen molar-refractivity contribution in [1.82, 2.24) is 24.3 Å². The highest BCUT2D eigenvalue weighted by Gasteiger charge is 2.26. The molecular formula is C22H22N6O. The summed E-state index contributed by atoms with van der Waals surface area (Å²) in [6, 6.07) is 7.96. The zero-order chi connectivity index (χ0) is 20.0. The number of hydrogen-bond donors (Lipinski definition) is 0. The molecule has 0 aliphatic carbocycles. The Balaban J connectivity index is 1.75. The number of rotatable bonds is 3. The summed E-state index contributed by atoms with van der Waals surface area (Å²) in [5.74, 6) is 0.963. The van der Waals surface area contributed by atoms with E-state index < -0.39 is 0 Å². The Kier molecular flexibility index (Phi) is 4.29. The molecule has 2 atom stereocenters. The van der Waals surface area contributed by atoms with Crippen molar-refractivity contribution in [3.8, 4) is 0 Å². The molecule has 1 aliphatic rings. The fourth-order valence-corrected chi connectivity index (χ4v) is 4.29. The highest BCUT2D eigenvalue weighted by Crippen LogP contribution is 2.34. The van der Waals surface area contributed by atoms with Gasteiger partial charge in [-0.25, -0.2) is 9.83 Å². The van der Waals surface area contributed by atoms with E-state index in [1.54, 1.807) is 0 Å². The van der Waals surface area contributed by atoms with Crippen molar-refractivity contribution in [3.05, 3.63) is 59.6 Å². The van der Waals surface area contributed by atoms with Gasteiger partial charge in [-0.3, -0.25) is 9.67 Å². The Morgan fingerprint density at radius 2 is 2.17 bits per heavy atom. The first-order chi connectivity index (χ1) is 14.1. The molecule has 0 spiro atoms. The van der Waals surface area contributed by atoms with E-state index in [9.17, 15) is 0 Å².